The van der Waals surface area contributed by atoms with Gasteiger partial charge in [0.2, 0.25) is 17.7 Å². The Kier molecular flexibility index (Phi) is 29.7. The van der Waals surface area contributed by atoms with Gasteiger partial charge in [0.05, 0.1) is 153 Å². The number of nitrogens with zero attached hydrogens (tertiary/aromatic N) is 2. The number of unbranched alkanes of at least 4 members (excludes halogenated alkanes) is 1. The van der Waals surface area contributed by atoms with Crippen LogP contribution in [-0.2, 0) is 97.5 Å². The predicted molar refractivity (Wildman–Crippen MR) is 331 cm³/mol. The van der Waals surface area contributed by atoms with Gasteiger partial charge in [-0.15, -0.1) is 0 Å². The van der Waals surface area contributed by atoms with E-state index in [1.165, 1.54) is 6.07 Å². The van der Waals surface area contributed by atoms with E-state index in [1.54, 1.807) is 49.6 Å². The van der Waals surface area contributed by atoms with Crippen LogP contribution in [0.4, 0.5) is 14.9 Å². The highest BCUT2D eigenvalue weighted by Crippen LogP contribution is 2.45. The number of carbonyl (C=O) groups excluding carboxylic acids is 5. The van der Waals surface area contributed by atoms with Gasteiger partial charge in [-0.2, -0.15) is 0 Å². The standard InChI is InChI=1S/C65H92FN7O17/c1-6-19-80-21-23-82-25-27-84-29-31-86-33-35-88-36-34-87-32-30-85-28-26-83-24-22-81-20-17-56(74)72-59(42(3)4)62(76)70-53(10-8-9-18-67)61(75)68-45-13-11-44(12-14-45)40-90-65(79)71-52-16-15-47-43(5)51(66)38-54-57(47)58(52)49-39-73-55(60(49)69-54)37-48-46(7-2)64(78)89-41-50(48)63(73)77/h11-14,37-38,42,46,52-53,59H,6-10,15-36,39-41,67H2,1-5H3,(H,68,75)(H,70,76)(H,71,79)(H,72,74)/t46-,52+,53+,59?/m1/s1. The van der Waals surface area contributed by atoms with E-state index in [9.17, 15) is 28.8 Å². The van der Waals surface area contributed by atoms with Crippen LogP contribution in [-0.4, -0.2) is 177 Å². The first-order chi connectivity index (χ1) is 43.7. The Morgan fingerprint density at radius 1 is 0.733 bits per heavy atom. The third-order valence-corrected chi connectivity index (χ3v) is 15.7. The van der Waals surface area contributed by atoms with Crippen molar-refractivity contribution in [1.29, 1.82) is 0 Å². The maximum absolute atomic E-state index is 15.5. The Balaban J connectivity index is 0.775. The van der Waals surface area contributed by atoms with Gasteiger partial charge in [0, 0.05) is 35.7 Å². The van der Waals surface area contributed by atoms with Gasteiger partial charge in [0.15, 0.2) is 0 Å². The molecule has 2 aliphatic heterocycles. The van der Waals surface area contributed by atoms with Crippen molar-refractivity contribution in [3.05, 3.63) is 91.5 Å². The quantitative estimate of drug-likeness (QED) is 0.0221. The third kappa shape index (κ3) is 20.7. The van der Waals surface area contributed by atoms with Crippen LogP contribution < -0.4 is 32.6 Å². The zero-order valence-electron chi connectivity index (χ0n) is 52.9. The molecule has 4 heterocycles. The van der Waals surface area contributed by atoms with Crippen LogP contribution in [0.2, 0.25) is 0 Å². The number of anilines is 1. The molecule has 25 heteroatoms. The molecule has 0 saturated heterocycles. The van der Waals surface area contributed by atoms with Crippen molar-refractivity contribution < 1.29 is 80.5 Å². The Morgan fingerprint density at radius 3 is 1.87 bits per heavy atom. The Hall–Kier alpha value is -6.52. The topological polar surface area (TPSA) is 296 Å². The van der Waals surface area contributed by atoms with Gasteiger partial charge in [-0.25, -0.2) is 14.2 Å². The molecule has 24 nitrogen and oxygen atoms in total. The highest BCUT2D eigenvalue weighted by atomic mass is 19.1. The van der Waals surface area contributed by atoms with E-state index in [0.717, 1.165) is 35.1 Å². The minimum Gasteiger partial charge on any atom is -0.460 e. The summed E-state index contributed by atoms with van der Waals surface area (Å²) in [5.41, 5.74) is 11.8. The second kappa shape index (κ2) is 37.7. The summed E-state index contributed by atoms with van der Waals surface area (Å²) in [4.78, 5) is 85.9. The summed E-state index contributed by atoms with van der Waals surface area (Å²) in [6.07, 6.45) is 3.14. The number of nitrogens with one attached hydrogen (secondary N) is 4. The van der Waals surface area contributed by atoms with Crippen LogP contribution in [0, 0.1) is 18.7 Å². The van der Waals surface area contributed by atoms with Gasteiger partial charge in [0.25, 0.3) is 5.56 Å². The molecule has 3 aliphatic rings. The number of hydrogen-bond donors (Lipinski definition) is 5. The fourth-order valence-electron chi connectivity index (χ4n) is 10.9. The zero-order valence-corrected chi connectivity index (χ0v) is 52.9. The van der Waals surface area contributed by atoms with Crippen molar-refractivity contribution in [1.82, 2.24) is 25.5 Å². The molecule has 1 aliphatic carbocycles. The van der Waals surface area contributed by atoms with Gasteiger partial charge in [0.1, 0.15) is 31.1 Å². The van der Waals surface area contributed by atoms with E-state index >= 15 is 4.39 Å². The van der Waals surface area contributed by atoms with E-state index in [0.29, 0.717) is 189 Å². The van der Waals surface area contributed by atoms with E-state index < -0.39 is 47.8 Å². The molecule has 4 aromatic rings. The fourth-order valence-corrected chi connectivity index (χ4v) is 10.9. The largest absolute Gasteiger partial charge is 0.460 e. The van der Waals surface area contributed by atoms with Gasteiger partial charge in [-0.3, -0.25) is 24.0 Å². The Labute approximate surface area is 525 Å². The van der Waals surface area contributed by atoms with E-state index in [4.69, 9.17) is 62.8 Å². The summed E-state index contributed by atoms with van der Waals surface area (Å²) in [5.74, 6) is -3.06. The molecule has 4 atom stereocenters. The molecule has 496 valence electrons. The first kappa shape index (κ1) is 70.9. The molecule has 0 spiro atoms. The Morgan fingerprint density at radius 2 is 1.31 bits per heavy atom. The summed E-state index contributed by atoms with van der Waals surface area (Å²) in [6, 6.07) is 7.52. The van der Waals surface area contributed by atoms with Crippen LogP contribution >= 0.6 is 0 Å². The number of pyridine rings is 2. The maximum atomic E-state index is 15.5. The number of amides is 4. The average Bonchev–Trinajstić information content (AvgIpc) is 1.47. The summed E-state index contributed by atoms with van der Waals surface area (Å²) < 4.78 is 77.7. The van der Waals surface area contributed by atoms with E-state index in [1.807, 2.05) is 13.0 Å². The van der Waals surface area contributed by atoms with Crippen LogP contribution in [0.15, 0.2) is 41.2 Å². The van der Waals surface area contributed by atoms with E-state index in [-0.39, 0.29) is 62.7 Å². The normalized spacial score (nSPS) is 15.4. The fraction of sp³-hybridized carbons (Fsp3) is 0.615. The predicted octanol–water partition coefficient (Wildman–Crippen LogP) is 5.98. The summed E-state index contributed by atoms with van der Waals surface area (Å²) in [5, 5.41) is 12.3. The van der Waals surface area contributed by atoms with Crippen molar-refractivity contribution in [2.75, 3.05) is 131 Å². The number of nitrogens with two attached hydrogens (primary N) is 1. The molecule has 2 aromatic carbocycles. The number of aryl methyl sites for hydroxylation is 1. The number of hydrogen-bond acceptors (Lipinski definition) is 19. The minimum absolute atomic E-state index is 0.00589. The Bertz CT molecular complexity index is 3040. The lowest BCUT2D eigenvalue weighted by Crippen LogP contribution is -2.54. The van der Waals surface area contributed by atoms with Crippen molar-refractivity contribution in [2.45, 2.75) is 130 Å². The first-order valence-electron chi connectivity index (χ1n) is 31.6. The lowest BCUT2D eigenvalue weighted by atomic mass is 9.81. The number of benzene rings is 2. The van der Waals surface area contributed by atoms with Crippen molar-refractivity contribution >= 4 is 46.4 Å². The second-order valence-corrected chi connectivity index (χ2v) is 22.5. The van der Waals surface area contributed by atoms with Crippen molar-refractivity contribution in [2.24, 2.45) is 11.7 Å². The monoisotopic (exact) mass is 1260 g/mol. The van der Waals surface area contributed by atoms with Crippen LogP contribution in [0.5, 0.6) is 0 Å². The molecule has 0 saturated carbocycles. The van der Waals surface area contributed by atoms with Gasteiger partial charge in [-0.05, 0) is 110 Å². The number of fused-ring (bicyclic) bond motifs is 5. The van der Waals surface area contributed by atoms with Gasteiger partial charge in [-0.1, -0.05) is 39.8 Å². The molecule has 0 radical (unpaired) electrons. The lowest BCUT2D eigenvalue weighted by Gasteiger charge is -2.29. The molecule has 0 fully saturated rings. The van der Waals surface area contributed by atoms with Crippen molar-refractivity contribution in [3.8, 4) is 11.4 Å². The third-order valence-electron chi connectivity index (χ3n) is 15.7. The molecular weight excluding hydrogens is 1170 g/mol. The second-order valence-electron chi connectivity index (χ2n) is 22.5. The number of rotatable bonds is 43. The number of cyclic esters (lactones) is 1. The summed E-state index contributed by atoms with van der Waals surface area (Å²) in [7, 11) is 0. The number of ether oxygens (including phenoxy) is 11. The van der Waals surface area contributed by atoms with Crippen LogP contribution in [0.3, 0.4) is 0 Å². The van der Waals surface area contributed by atoms with Crippen LogP contribution in [0.1, 0.15) is 124 Å². The SMILES string of the molecule is CCCOCCOCCOCCOCCOCCOCCOCCOCCOCCC(=O)NC(C(=O)N[C@@H](CCCCN)C(=O)Nc1ccc(COC(=O)N[C@H]2CCc3c(C)c(F)cc4nc5c(c2c34)Cn2c-5cc3c(c2=O)COC(=O)[C@@H]3CC)cc1)C(C)C. The molecule has 90 heavy (non-hydrogen) atoms. The van der Waals surface area contributed by atoms with E-state index in [2.05, 4.69) is 28.2 Å². The minimum atomic E-state index is -0.944. The molecule has 4 amide bonds. The molecule has 6 N–H and O–H groups in total. The molecular formula is C65H92FN7O17. The molecule has 2 aromatic heterocycles. The number of alkyl carbamates (subject to hydrolysis) is 1. The number of carbonyl (C=O) groups is 5. The first-order valence-corrected chi connectivity index (χ1v) is 31.6. The van der Waals surface area contributed by atoms with Crippen molar-refractivity contribution in [3.63, 3.8) is 0 Å². The van der Waals surface area contributed by atoms with Crippen LogP contribution in [0.25, 0.3) is 22.3 Å². The smallest absolute Gasteiger partial charge is 0.407 e. The van der Waals surface area contributed by atoms with Gasteiger partial charge >= 0.3 is 12.1 Å². The number of aromatic nitrogens is 2. The summed E-state index contributed by atoms with van der Waals surface area (Å²) in [6.45, 7) is 17.6. The molecule has 7 rings (SSSR count). The lowest BCUT2D eigenvalue weighted by molar-refractivity contribution is -0.148. The average molecular weight is 1260 g/mol. The highest BCUT2D eigenvalue weighted by Gasteiger charge is 2.38. The zero-order chi connectivity index (χ0) is 64.2. The maximum Gasteiger partial charge on any atom is 0.407 e. The number of halogens is 1. The summed E-state index contributed by atoms with van der Waals surface area (Å²) >= 11 is 0. The van der Waals surface area contributed by atoms with Gasteiger partial charge < -0.3 is 83.7 Å². The molecule has 0 bridgehead atoms. The molecule has 1 unspecified atom stereocenters. The highest BCUT2D eigenvalue weighted by molar-refractivity contribution is 5.98. The number of esters is 1.